The molecule has 0 fully saturated rings. The number of hydrogen-bond acceptors (Lipinski definition) is 9. The van der Waals surface area contributed by atoms with E-state index in [1.807, 2.05) is 19.9 Å². The first-order valence-corrected chi connectivity index (χ1v) is 13.9. The standard InChI is InChI=1S/C32H43NO8/c1-9-31(4,5)29(36)40-25-17-16-22(19-26(25)41-30(37)32(6,7)10-2)18-24(28(35)38-8)33-20-21(3)39-27(34)23-14-12-11-13-15-23/h11-17,19,21,24,33H,9-10,18,20H2,1-8H3/t21?,24-/m0/s1. The average Bonchev–Trinajstić information content (AvgIpc) is 2.96. The fourth-order valence-electron chi connectivity index (χ4n) is 3.40. The van der Waals surface area contributed by atoms with E-state index in [-0.39, 0.29) is 24.5 Å². The molecule has 2 rings (SSSR count). The van der Waals surface area contributed by atoms with Gasteiger partial charge in [-0.2, -0.15) is 0 Å². The van der Waals surface area contributed by atoms with Crippen molar-refractivity contribution < 1.29 is 38.1 Å². The number of carbonyl (C=O) groups is 4. The molecule has 2 aromatic rings. The molecule has 9 nitrogen and oxygen atoms in total. The third-order valence-corrected chi connectivity index (χ3v) is 7.18. The SMILES string of the molecule is CCC(C)(C)C(=O)Oc1ccc(C[C@H](NCC(C)OC(=O)c2ccccc2)C(=O)OC)cc1OC(=O)C(C)(C)CC. The molecular formula is C32H43NO8. The molecule has 2 aromatic carbocycles. The van der Waals surface area contributed by atoms with Gasteiger partial charge in [0.1, 0.15) is 12.1 Å². The van der Waals surface area contributed by atoms with E-state index in [1.165, 1.54) is 7.11 Å². The number of hydrogen-bond donors (Lipinski definition) is 1. The Morgan fingerprint density at radius 1 is 0.829 bits per heavy atom. The molecule has 0 saturated heterocycles. The molecule has 0 saturated carbocycles. The van der Waals surface area contributed by atoms with Gasteiger partial charge in [0.2, 0.25) is 0 Å². The molecule has 0 aliphatic heterocycles. The van der Waals surface area contributed by atoms with Crippen LogP contribution in [0.2, 0.25) is 0 Å². The first-order chi connectivity index (χ1) is 19.2. The first kappa shape index (κ1) is 33.5. The number of rotatable bonds is 14. The van der Waals surface area contributed by atoms with Gasteiger partial charge in [0.15, 0.2) is 11.5 Å². The van der Waals surface area contributed by atoms with Crippen LogP contribution in [-0.2, 0) is 30.3 Å². The summed E-state index contributed by atoms with van der Waals surface area (Å²) in [7, 11) is 1.29. The van der Waals surface area contributed by atoms with E-state index >= 15 is 0 Å². The van der Waals surface area contributed by atoms with Gasteiger partial charge in [-0.25, -0.2) is 4.79 Å². The monoisotopic (exact) mass is 569 g/mol. The quantitative estimate of drug-likeness (QED) is 0.239. The van der Waals surface area contributed by atoms with Gasteiger partial charge in [-0.05, 0) is 83.7 Å². The third kappa shape index (κ3) is 9.70. The highest BCUT2D eigenvalue weighted by Crippen LogP contribution is 2.34. The highest BCUT2D eigenvalue weighted by atomic mass is 16.6. The predicted octanol–water partition coefficient (Wildman–Crippen LogP) is 5.29. The van der Waals surface area contributed by atoms with Crippen LogP contribution in [-0.4, -0.2) is 49.7 Å². The summed E-state index contributed by atoms with van der Waals surface area (Å²) in [6.07, 6.45) is 0.743. The minimum atomic E-state index is -0.791. The van der Waals surface area contributed by atoms with Crippen molar-refractivity contribution in [1.29, 1.82) is 0 Å². The Morgan fingerprint density at radius 2 is 1.39 bits per heavy atom. The van der Waals surface area contributed by atoms with Gasteiger partial charge >= 0.3 is 23.9 Å². The smallest absolute Gasteiger partial charge is 0.338 e. The maximum Gasteiger partial charge on any atom is 0.338 e. The van der Waals surface area contributed by atoms with Gasteiger partial charge in [0, 0.05) is 6.54 Å². The molecular weight excluding hydrogens is 526 g/mol. The maximum absolute atomic E-state index is 12.9. The van der Waals surface area contributed by atoms with E-state index in [0.717, 1.165) is 0 Å². The van der Waals surface area contributed by atoms with Crippen molar-refractivity contribution in [1.82, 2.24) is 5.32 Å². The highest BCUT2D eigenvalue weighted by Gasteiger charge is 2.32. The van der Waals surface area contributed by atoms with Crippen LogP contribution in [0, 0.1) is 10.8 Å². The van der Waals surface area contributed by atoms with Gasteiger partial charge in [-0.3, -0.25) is 14.4 Å². The lowest BCUT2D eigenvalue weighted by Gasteiger charge is -2.24. The molecule has 0 spiro atoms. The molecule has 224 valence electrons. The van der Waals surface area contributed by atoms with Crippen molar-refractivity contribution in [3.05, 3.63) is 59.7 Å². The van der Waals surface area contributed by atoms with Gasteiger partial charge in [0.05, 0.1) is 23.5 Å². The zero-order chi connectivity index (χ0) is 30.8. The van der Waals surface area contributed by atoms with E-state index in [1.54, 1.807) is 77.1 Å². The van der Waals surface area contributed by atoms with Crippen LogP contribution < -0.4 is 14.8 Å². The molecule has 0 aliphatic carbocycles. The molecule has 0 radical (unpaired) electrons. The number of esters is 4. The van der Waals surface area contributed by atoms with E-state index in [0.29, 0.717) is 24.0 Å². The molecule has 0 heterocycles. The summed E-state index contributed by atoms with van der Waals surface area (Å²) in [6, 6.07) is 12.7. The highest BCUT2D eigenvalue weighted by molar-refractivity contribution is 5.89. The molecule has 1 unspecified atom stereocenters. The predicted molar refractivity (Wildman–Crippen MR) is 155 cm³/mol. The summed E-state index contributed by atoms with van der Waals surface area (Å²) in [5, 5.41) is 3.10. The lowest BCUT2D eigenvalue weighted by Crippen LogP contribution is -2.43. The Hall–Kier alpha value is -3.72. The zero-order valence-electron chi connectivity index (χ0n) is 25.4. The van der Waals surface area contributed by atoms with Crippen LogP contribution >= 0.6 is 0 Å². The molecule has 0 amide bonds. The Morgan fingerprint density at radius 3 is 1.93 bits per heavy atom. The van der Waals surface area contributed by atoms with Gasteiger partial charge in [-0.15, -0.1) is 0 Å². The number of methoxy groups -OCH3 is 1. The molecule has 0 aliphatic rings. The van der Waals surface area contributed by atoms with Crippen molar-refractivity contribution in [2.45, 2.75) is 79.9 Å². The Bertz CT molecular complexity index is 1210. The van der Waals surface area contributed by atoms with Gasteiger partial charge in [0.25, 0.3) is 0 Å². The zero-order valence-corrected chi connectivity index (χ0v) is 25.4. The fourth-order valence-corrected chi connectivity index (χ4v) is 3.40. The van der Waals surface area contributed by atoms with Crippen molar-refractivity contribution in [2.24, 2.45) is 10.8 Å². The van der Waals surface area contributed by atoms with E-state index < -0.39 is 46.9 Å². The summed E-state index contributed by atoms with van der Waals surface area (Å²) >= 11 is 0. The lowest BCUT2D eigenvalue weighted by atomic mass is 9.90. The molecule has 0 aromatic heterocycles. The molecule has 1 N–H and O–H groups in total. The normalized spacial score (nSPS) is 13.1. The summed E-state index contributed by atoms with van der Waals surface area (Å²) in [4.78, 5) is 50.7. The van der Waals surface area contributed by atoms with Crippen LogP contribution in [0.3, 0.4) is 0 Å². The van der Waals surface area contributed by atoms with Crippen LogP contribution in [0.15, 0.2) is 48.5 Å². The minimum absolute atomic E-state index is 0.0862. The number of ether oxygens (including phenoxy) is 4. The van der Waals surface area contributed by atoms with Crippen LogP contribution in [0.25, 0.3) is 0 Å². The van der Waals surface area contributed by atoms with E-state index in [2.05, 4.69) is 5.32 Å². The Balaban J connectivity index is 2.25. The first-order valence-electron chi connectivity index (χ1n) is 13.9. The van der Waals surface area contributed by atoms with Crippen LogP contribution in [0.1, 0.15) is 77.2 Å². The molecule has 9 heteroatoms. The summed E-state index contributed by atoms with van der Waals surface area (Å²) in [5.41, 5.74) is -0.430. The van der Waals surface area contributed by atoms with Crippen molar-refractivity contribution in [3.63, 3.8) is 0 Å². The van der Waals surface area contributed by atoms with Crippen LogP contribution in [0.5, 0.6) is 11.5 Å². The largest absolute Gasteiger partial charge is 0.468 e. The van der Waals surface area contributed by atoms with Crippen molar-refractivity contribution in [3.8, 4) is 11.5 Å². The average molecular weight is 570 g/mol. The van der Waals surface area contributed by atoms with E-state index in [4.69, 9.17) is 18.9 Å². The molecule has 0 bridgehead atoms. The summed E-state index contributed by atoms with van der Waals surface area (Å²) in [6.45, 7) is 12.8. The molecule has 2 atom stereocenters. The fraction of sp³-hybridized carbons (Fsp3) is 0.500. The number of nitrogens with one attached hydrogen (secondary N) is 1. The minimum Gasteiger partial charge on any atom is -0.468 e. The Labute approximate surface area is 242 Å². The van der Waals surface area contributed by atoms with Crippen molar-refractivity contribution in [2.75, 3.05) is 13.7 Å². The topological polar surface area (TPSA) is 117 Å². The van der Waals surface area contributed by atoms with Crippen molar-refractivity contribution >= 4 is 23.9 Å². The van der Waals surface area contributed by atoms with Gasteiger partial charge in [-0.1, -0.05) is 38.1 Å². The second-order valence-electron chi connectivity index (χ2n) is 11.3. The third-order valence-electron chi connectivity index (χ3n) is 7.18. The van der Waals surface area contributed by atoms with Gasteiger partial charge < -0.3 is 24.3 Å². The lowest BCUT2D eigenvalue weighted by molar-refractivity contribution is -0.147. The second kappa shape index (κ2) is 14.8. The summed E-state index contributed by atoms with van der Waals surface area (Å²) in [5.74, 6) is -1.70. The Kier molecular flexibility index (Phi) is 12.1. The maximum atomic E-state index is 12.9. The molecule has 41 heavy (non-hydrogen) atoms. The second-order valence-corrected chi connectivity index (χ2v) is 11.3. The summed E-state index contributed by atoms with van der Waals surface area (Å²) < 4.78 is 21.9. The number of carbonyl (C=O) groups excluding carboxylic acids is 4. The van der Waals surface area contributed by atoms with Crippen LogP contribution in [0.4, 0.5) is 0 Å². The number of benzene rings is 2. The van der Waals surface area contributed by atoms with E-state index in [9.17, 15) is 19.2 Å².